The molecule has 4 heterocycles. The maximum absolute atomic E-state index is 12.9. The molecule has 6 nitrogen and oxygen atoms in total. The van der Waals surface area contributed by atoms with E-state index in [1.165, 1.54) is 64.7 Å². The molecule has 0 saturated carbocycles. The number of hydrogen-bond acceptors (Lipinski definition) is 4. The lowest BCUT2D eigenvalue weighted by atomic mass is 9.73. The van der Waals surface area contributed by atoms with E-state index in [4.69, 9.17) is 0 Å². The lowest BCUT2D eigenvalue weighted by Gasteiger charge is -2.48. The van der Waals surface area contributed by atoms with E-state index in [0.717, 1.165) is 65.0 Å². The lowest BCUT2D eigenvalue weighted by Crippen LogP contribution is -2.54. The first kappa shape index (κ1) is 23.0. The zero-order valence-electron chi connectivity index (χ0n) is 19.7. The van der Waals surface area contributed by atoms with Crippen LogP contribution in [0.3, 0.4) is 0 Å². The third-order valence-electron chi connectivity index (χ3n) is 8.16. The molecule has 1 spiro atoms. The lowest BCUT2D eigenvalue weighted by molar-refractivity contribution is -0.140. The number of piperidine rings is 2. The van der Waals surface area contributed by atoms with Gasteiger partial charge in [0, 0.05) is 44.4 Å². The van der Waals surface area contributed by atoms with E-state index >= 15 is 0 Å². The molecule has 0 N–H and O–H groups in total. The summed E-state index contributed by atoms with van der Waals surface area (Å²) in [6, 6.07) is 0. The molecule has 0 aromatic rings. The van der Waals surface area contributed by atoms with Crippen molar-refractivity contribution in [1.82, 2.24) is 19.6 Å². The first-order valence-corrected chi connectivity index (χ1v) is 13.1. The highest BCUT2D eigenvalue weighted by atomic mass is 16.2. The van der Waals surface area contributed by atoms with Crippen molar-refractivity contribution in [3.05, 3.63) is 0 Å². The molecule has 4 fully saturated rings. The van der Waals surface area contributed by atoms with Crippen molar-refractivity contribution < 1.29 is 9.59 Å². The van der Waals surface area contributed by atoms with E-state index < -0.39 is 0 Å². The van der Waals surface area contributed by atoms with Crippen molar-refractivity contribution in [2.45, 2.75) is 77.0 Å². The van der Waals surface area contributed by atoms with Crippen LogP contribution in [-0.2, 0) is 9.59 Å². The van der Waals surface area contributed by atoms with Crippen LogP contribution >= 0.6 is 0 Å². The molecular formula is C25H44N4O2. The normalized spacial score (nSPS) is 24.9. The van der Waals surface area contributed by atoms with Crippen molar-refractivity contribution in [2.75, 3.05) is 65.4 Å². The van der Waals surface area contributed by atoms with Crippen molar-refractivity contribution in [2.24, 2.45) is 5.41 Å². The summed E-state index contributed by atoms with van der Waals surface area (Å²) in [4.78, 5) is 35.1. The monoisotopic (exact) mass is 432 g/mol. The third kappa shape index (κ3) is 6.44. The summed E-state index contributed by atoms with van der Waals surface area (Å²) in [6.45, 7) is 10.6. The van der Waals surface area contributed by atoms with Gasteiger partial charge in [-0.05, 0) is 103 Å². The Labute approximate surface area is 189 Å². The van der Waals surface area contributed by atoms with Crippen molar-refractivity contribution >= 4 is 11.8 Å². The molecule has 6 heteroatoms. The Morgan fingerprint density at radius 3 is 1.42 bits per heavy atom. The molecule has 0 unspecified atom stereocenters. The van der Waals surface area contributed by atoms with Gasteiger partial charge in [-0.3, -0.25) is 9.59 Å². The van der Waals surface area contributed by atoms with Crippen molar-refractivity contribution in [3.63, 3.8) is 0 Å². The highest BCUT2D eigenvalue weighted by Crippen LogP contribution is 2.39. The Hall–Kier alpha value is -1.14. The van der Waals surface area contributed by atoms with Crippen LogP contribution in [0.15, 0.2) is 0 Å². The second-order valence-corrected chi connectivity index (χ2v) is 10.6. The van der Waals surface area contributed by atoms with Crippen LogP contribution in [0, 0.1) is 5.41 Å². The van der Waals surface area contributed by atoms with Gasteiger partial charge in [-0.15, -0.1) is 0 Å². The summed E-state index contributed by atoms with van der Waals surface area (Å²) in [7, 11) is 0. The standard InChI is InChI=1S/C25H44N4O2/c30-23(9-5-17-26-13-1-2-14-26)28-19-7-11-25(21-28)12-8-20-29(22-25)24(31)10-6-18-27-15-3-4-16-27/h1-22H2. The minimum Gasteiger partial charge on any atom is -0.342 e. The van der Waals surface area contributed by atoms with Crippen LogP contribution in [0.1, 0.15) is 77.0 Å². The maximum atomic E-state index is 12.9. The summed E-state index contributed by atoms with van der Waals surface area (Å²) < 4.78 is 0. The first-order chi connectivity index (χ1) is 15.1. The number of carbonyl (C=O) groups excluding carboxylic acids is 2. The molecule has 4 aliphatic rings. The second kappa shape index (κ2) is 11.1. The topological polar surface area (TPSA) is 47.1 Å². The van der Waals surface area contributed by atoms with Gasteiger partial charge in [0.15, 0.2) is 0 Å². The van der Waals surface area contributed by atoms with Gasteiger partial charge in [0.2, 0.25) is 11.8 Å². The molecule has 2 amide bonds. The Morgan fingerprint density at radius 1 is 0.581 bits per heavy atom. The quantitative estimate of drug-likeness (QED) is 0.592. The number of amides is 2. The first-order valence-electron chi connectivity index (χ1n) is 13.1. The van der Waals surface area contributed by atoms with Gasteiger partial charge >= 0.3 is 0 Å². The molecule has 0 radical (unpaired) electrons. The number of rotatable bonds is 8. The molecule has 176 valence electrons. The summed E-state index contributed by atoms with van der Waals surface area (Å²) in [5, 5.41) is 0. The SMILES string of the molecule is O=C(CCCN1CCCC1)N1CCCC2(CCCN(C(=O)CCCN3CCCC3)C2)C1. The Morgan fingerprint density at radius 2 is 1.00 bits per heavy atom. The second-order valence-electron chi connectivity index (χ2n) is 10.6. The smallest absolute Gasteiger partial charge is 0.222 e. The fraction of sp³-hybridized carbons (Fsp3) is 0.920. The van der Waals surface area contributed by atoms with Gasteiger partial charge in [-0.1, -0.05) is 0 Å². The van der Waals surface area contributed by atoms with Crippen LogP contribution in [0.4, 0.5) is 0 Å². The zero-order chi connectivity index (χ0) is 21.5. The zero-order valence-corrected chi connectivity index (χ0v) is 19.7. The Bertz CT molecular complexity index is 546. The predicted octanol–water partition coefficient (Wildman–Crippen LogP) is 2.97. The van der Waals surface area contributed by atoms with Crippen LogP contribution in [-0.4, -0.2) is 96.9 Å². The molecule has 31 heavy (non-hydrogen) atoms. The molecule has 0 aromatic carbocycles. The summed E-state index contributed by atoms with van der Waals surface area (Å²) >= 11 is 0. The van der Waals surface area contributed by atoms with E-state index in [2.05, 4.69) is 19.6 Å². The van der Waals surface area contributed by atoms with Crippen LogP contribution in [0.5, 0.6) is 0 Å². The molecule has 4 aliphatic heterocycles. The fourth-order valence-electron chi connectivity index (χ4n) is 6.41. The predicted molar refractivity (Wildman–Crippen MR) is 124 cm³/mol. The van der Waals surface area contributed by atoms with Gasteiger partial charge in [0.25, 0.3) is 0 Å². The summed E-state index contributed by atoms with van der Waals surface area (Å²) in [5.74, 6) is 0.680. The van der Waals surface area contributed by atoms with Gasteiger partial charge in [0.05, 0.1) is 0 Å². The van der Waals surface area contributed by atoms with Crippen LogP contribution < -0.4 is 0 Å². The van der Waals surface area contributed by atoms with Gasteiger partial charge in [-0.2, -0.15) is 0 Å². The van der Waals surface area contributed by atoms with Crippen LogP contribution in [0.25, 0.3) is 0 Å². The molecule has 4 saturated heterocycles. The van der Waals surface area contributed by atoms with Gasteiger partial charge in [0.1, 0.15) is 0 Å². The van der Waals surface area contributed by atoms with Crippen LogP contribution in [0.2, 0.25) is 0 Å². The Balaban J connectivity index is 1.21. The molecule has 0 bridgehead atoms. The number of hydrogen-bond donors (Lipinski definition) is 0. The van der Waals surface area contributed by atoms with E-state index in [1.54, 1.807) is 0 Å². The maximum Gasteiger partial charge on any atom is 0.222 e. The average molecular weight is 433 g/mol. The third-order valence-corrected chi connectivity index (χ3v) is 8.16. The fourth-order valence-corrected chi connectivity index (χ4v) is 6.41. The van der Waals surface area contributed by atoms with E-state index in [-0.39, 0.29) is 5.41 Å². The molecule has 0 aromatic heterocycles. The largest absolute Gasteiger partial charge is 0.342 e. The molecule has 0 atom stereocenters. The number of carbonyl (C=O) groups is 2. The summed E-state index contributed by atoms with van der Waals surface area (Å²) in [6.07, 6.45) is 13.1. The van der Waals surface area contributed by atoms with Gasteiger partial charge < -0.3 is 19.6 Å². The van der Waals surface area contributed by atoms with E-state index in [0.29, 0.717) is 24.7 Å². The highest BCUT2D eigenvalue weighted by molar-refractivity contribution is 5.77. The minimum absolute atomic E-state index is 0.145. The number of nitrogens with zero attached hydrogens (tertiary/aromatic N) is 4. The van der Waals surface area contributed by atoms with E-state index in [9.17, 15) is 9.59 Å². The minimum atomic E-state index is 0.145. The average Bonchev–Trinajstić information content (AvgIpc) is 3.48. The van der Waals surface area contributed by atoms with Crippen molar-refractivity contribution in [1.29, 1.82) is 0 Å². The van der Waals surface area contributed by atoms with Crippen molar-refractivity contribution in [3.8, 4) is 0 Å². The molecular weight excluding hydrogens is 388 g/mol. The summed E-state index contributed by atoms with van der Waals surface area (Å²) in [5.41, 5.74) is 0.145. The van der Waals surface area contributed by atoms with E-state index in [1.807, 2.05) is 0 Å². The molecule has 0 aliphatic carbocycles. The number of likely N-dealkylation sites (tertiary alicyclic amines) is 4. The molecule has 4 rings (SSSR count). The Kier molecular flexibility index (Phi) is 8.27. The highest BCUT2D eigenvalue weighted by Gasteiger charge is 2.41. The van der Waals surface area contributed by atoms with Gasteiger partial charge in [-0.25, -0.2) is 0 Å².